The first-order chi connectivity index (χ1) is 8.29. The molecular formula is C10H14N6O. The first-order valence-electron chi connectivity index (χ1n) is 5.45. The first-order valence-corrected chi connectivity index (χ1v) is 5.45. The summed E-state index contributed by atoms with van der Waals surface area (Å²) in [7, 11) is 0. The van der Waals surface area contributed by atoms with Gasteiger partial charge in [0, 0.05) is 18.2 Å². The van der Waals surface area contributed by atoms with Crippen LogP contribution in [0.5, 0.6) is 0 Å². The lowest BCUT2D eigenvalue weighted by Crippen LogP contribution is -2.15. The lowest BCUT2D eigenvalue weighted by Gasteiger charge is -2.04. The van der Waals surface area contributed by atoms with E-state index in [1.54, 1.807) is 23.3 Å². The Morgan fingerprint density at radius 1 is 1.59 bits per heavy atom. The van der Waals surface area contributed by atoms with Gasteiger partial charge in [-0.05, 0) is 6.42 Å². The number of rotatable bonds is 5. The molecule has 2 rings (SSSR count). The number of nitrogens with zero attached hydrogens (tertiary/aromatic N) is 4. The molecule has 2 N–H and O–H groups in total. The van der Waals surface area contributed by atoms with Crippen molar-refractivity contribution in [3.63, 3.8) is 0 Å². The minimum atomic E-state index is -0.0700. The summed E-state index contributed by atoms with van der Waals surface area (Å²) in [5, 5.41) is 16.9. The van der Waals surface area contributed by atoms with Gasteiger partial charge in [-0.1, -0.05) is 12.1 Å². The Morgan fingerprint density at radius 3 is 3.18 bits per heavy atom. The van der Waals surface area contributed by atoms with Crippen LogP contribution >= 0.6 is 0 Å². The average molecular weight is 234 g/mol. The third-order valence-corrected chi connectivity index (χ3v) is 2.40. The molecule has 2 aromatic heterocycles. The van der Waals surface area contributed by atoms with Gasteiger partial charge in [-0.25, -0.2) is 0 Å². The lowest BCUT2D eigenvalue weighted by molar-refractivity contribution is -0.116. The van der Waals surface area contributed by atoms with Gasteiger partial charge in [0.25, 0.3) is 0 Å². The van der Waals surface area contributed by atoms with E-state index >= 15 is 0 Å². The van der Waals surface area contributed by atoms with E-state index in [9.17, 15) is 4.79 Å². The second kappa shape index (κ2) is 5.24. The molecule has 0 spiro atoms. The Balaban J connectivity index is 1.85. The number of amides is 1. The van der Waals surface area contributed by atoms with Gasteiger partial charge < -0.3 is 5.32 Å². The van der Waals surface area contributed by atoms with E-state index in [0.29, 0.717) is 18.8 Å². The summed E-state index contributed by atoms with van der Waals surface area (Å²) in [6.45, 7) is 2.53. The lowest BCUT2D eigenvalue weighted by atomic mass is 10.2. The van der Waals surface area contributed by atoms with Crippen LogP contribution in [0.15, 0.2) is 18.6 Å². The van der Waals surface area contributed by atoms with Crippen LogP contribution in [0.1, 0.15) is 18.9 Å². The highest BCUT2D eigenvalue weighted by Crippen LogP contribution is 2.11. The van der Waals surface area contributed by atoms with Crippen molar-refractivity contribution < 1.29 is 4.79 Å². The van der Waals surface area contributed by atoms with Crippen LogP contribution < -0.4 is 5.32 Å². The van der Waals surface area contributed by atoms with Crippen LogP contribution in [0, 0.1) is 0 Å². The third kappa shape index (κ3) is 2.90. The average Bonchev–Trinajstić information content (AvgIpc) is 2.97. The number of carbonyl (C=O) groups excluding carboxylic acids is 1. The maximum absolute atomic E-state index is 11.7. The topological polar surface area (TPSA) is 88.5 Å². The van der Waals surface area contributed by atoms with Crippen molar-refractivity contribution in [2.24, 2.45) is 0 Å². The molecule has 17 heavy (non-hydrogen) atoms. The Morgan fingerprint density at radius 2 is 2.47 bits per heavy atom. The SMILES string of the molecule is CCc1cn[nH]c1NC(=O)CCn1ccnn1. The van der Waals surface area contributed by atoms with Gasteiger partial charge in [0.05, 0.1) is 18.9 Å². The van der Waals surface area contributed by atoms with Gasteiger partial charge in [0.15, 0.2) is 0 Å². The zero-order valence-corrected chi connectivity index (χ0v) is 9.55. The van der Waals surface area contributed by atoms with E-state index < -0.39 is 0 Å². The molecule has 1 amide bonds. The fraction of sp³-hybridized carbons (Fsp3) is 0.400. The number of hydrogen-bond donors (Lipinski definition) is 2. The normalized spacial score (nSPS) is 10.4. The number of aromatic nitrogens is 5. The molecule has 0 radical (unpaired) electrons. The van der Waals surface area contributed by atoms with Crippen molar-refractivity contribution in [1.29, 1.82) is 0 Å². The summed E-state index contributed by atoms with van der Waals surface area (Å²) in [6.07, 6.45) is 6.21. The molecule has 0 unspecified atom stereocenters. The molecule has 0 aliphatic carbocycles. The second-order valence-corrected chi connectivity index (χ2v) is 3.59. The highest BCUT2D eigenvalue weighted by atomic mass is 16.1. The van der Waals surface area contributed by atoms with Gasteiger partial charge in [0.1, 0.15) is 5.82 Å². The monoisotopic (exact) mass is 234 g/mol. The van der Waals surface area contributed by atoms with Crippen LogP contribution in [0.4, 0.5) is 5.82 Å². The molecule has 0 atom stereocenters. The molecule has 0 bridgehead atoms. The number of aromatic amines is 1. The summed E-state index contributed by atoms with van der Waals surface area (Å²) in [5.74, 6) is 0.607. The zero-order valence-electron chi connectivity index (χ0n) is 9.55. The number of anilines is 1. The third-order valence-electron chi connectivity index (χ3n) is 2.40. The van der Waals surface area contributed by atoms with Crippen molar-refractivity contribution in [1.82, 2.24) is 25.2 Å². The van der Waals surface area contributed by atoms with Crippen LogP contribution in [0.3, 0.4) is 0 Å². The minimum absolute atomic E-state index is 0.0700. The van der Waals surface area contributed by atoms with Crippen molar-refractivity contribution in [3.8, 4) is 0 Å². The number of carbonyl (C=O) groups is 1. The summed E-state index contributed by atoms with van der Waals surface area (Å²) < 4.78 is 1.62. The number of aryl methyl sites for hydroxylation is 2. The van der Waals surface area contributed by atoms with Gasteiger partial charge in [-0.15, -0.1) is 5.10 Å². The maximum atomic E-state index is 11.7. The molecule has 2 heterocycles. The Kier molecular flexibility index (Phi) is 3.49. The number of H-pyrrole nitrogens is 1. The highest BCUT2D eigenvalue weighted by Gasteiger charge is 2.07. The molecule has 7 nitrogen and oxygen atoms in total. The number of hydrogen-bond acceptors (Lipinski definition) is 4. The van der Waals surface area contributed by atoms with Gasteiger partial charge in [0.2, 0.25) is 5.91 Å². The van der Waals surface area contributed by atoms with Crippen molar-refractivity contribution in [2.45, 2.75) is 26.3 Å². The van der Waals surface area contributed by atoms with Crippen LogP contribution in [-0.2, 0) is 17.8 Å². The quantitative estimate of drug-likeness (QED) is 0.792. The van der Waals surface area contributed by atoms with E-state index in [1.807, 2.05) is 6.92 Å². The molecule has 90 valence electrons. The number of nitrogens with one attached hydrogen (secondary N) is 2. The van der Waals surface area contributed by atoms with Crippen LogP contribution in [0.2, 0.25) is 0 Å². The summed E-state index contributed by atoms with van der Waals surface area (Å²) in [6, 6.07) is 0. The zero-order chi connectivity index (χ0) is 12.1. The Bertz CT molecular complexity index is 475. The standard InChI is InChI=1S/C10H14N6O/c1-2-8-7-12-14-10(8)13-9(17)3-5-16-6-4-11-15-16/h4,6-7H,2-3,5H2,1H3,(H2,12,13,14,17). The highest BCUT2D eigenvalue weighted by molar-refractivity contribution is 5.90. The fourth-order valence-corrected chi connectivity index (χ4v) is 1.46. The molecule has 0 aromatic carbocycles. The first kappa shape index (κ1) is 11.3. The van der Waals surface area contributed by atoms with E-state index in [0.717, 1.165) is 12.0 Å². The molecule has 2 aromatic rings. The Hall–Kier alpha value is -2.18. The van der Waals surface area contributed by atoms with Crippen molar-refractivity contribution in [3.05, 3.63) is 24.2 Å². The van der Waals surface area contributed by atoms with Crippen LogP contribution in [-0.4, -0.2) is 31.1 Å². The predicted octanol–water partition coefficient (Wildman–Crippen LogP) is 0.592. The van der Waals surface area contributed by atoms with E-state index in [2.05, 4.69) is 25.8 Å². The summed E-state index contributed by atoms with van der Waals surface area (Å²) in [5.41, 5.74) is 0.999. The predicted molar refractivity (Wildman–Crippen MR) is 61.2 cm³/mol. The van der Waals surface area contributed by atoms with Crippen molar-refractivity contribution in [2.75, 3.05) is 5.32 Å². The van der Waals surface area contributed by atoms with Crippen LogP contribution in [0.25, 0.3) is 0 Å². The fourth-order valence-electron chi connectivity index (χ4n) is 1.46. The molecular weight excluding hydrogens is 220 g/mol. The van der Waals surface area contributed by atoms with E-state index in [-0.39, 0.29) is 5.91 Å². The van der Waals surface area contributed by atoms with Gasteiger partial charge in [-0.3, -0.25) is 14.6 Å². The molecule has 0 aliphatic rings. The second-order valence-electron chi connectivity index (χ2n) is 3.59. The molecule has 0 saturated heterocycles. The maximum Gasteiger partial charge on any atom is 0.227 e. The smallest absolute Gasteiger partial charge is 0.227 e. The molecule has 0 aliphatic heterocycles. The largest absolute Gasteiger partial charge is 0.311 e. The van der Waals surface area contributed by atoms with Gasteiger partial charge in [-0.2, -0.15) is 5.10 Å². The van der Waals surface area contributed by atoms with Gasteiger partial charge >= 0.3 is 0 Å². The summed E-state index contributed by atoms with van der Waals surface area (Å²) in [4.78, 5) is 11.7. The molecule has 7 heteroatoms. The van der Waals surface area contributed by atoms with Crippen molar-refractivity contribution >= 4 is 11.7 Å². The van der Waals surface area contributed by atoms with E-state index in [4.69, 9.17) is 0 Å². The molecule has 0 saturated carbocycles. The minimum Gasteiger partial charge on any atom is -0.311 e. The summed E-state index contributed by atoms with van der Waals surface area (Å²) >= 11 is 0. The Labute approximate surface area is 98.2 Å². The molecule has 0 fully saturated rings. The van der Waals surface area contributed by atoms with E-state index in [1.165, 1.54) is 0 Å².